The summed E-state index contributed by atoms with van der Waals surface area (Å²) in [4.78, 5) is 0. The minimum atomic E-state index is 0.278. The number of halogens is 1. The third-order valence-electron chi connectivity index (χ3n) is 4.52. The van der Waals surface area contributed by atoms with E-state index in [0.717, 1.165) is 15.8 Å². The average molecular weight is 350 g/mol. The summed E-state index contributed by atoms with van der Waals surface area (Å²) in [5, 5.41) is 4.94. The summed E-state index contributed by atoms with van der Waals surface area (Å²) in [5.74, 6) is 1.05. The Morgan fingerprint density at radius 1 is 1.10 bits per heavy atom. The molecule has 0 bridgehead atoms. The van der Waals surface area contributed by atoms with Gasteiger partial charge in [0.25, 0.3) is 0 Å². The molecule has 1 aromatic heterocycles. The molecule has 1 aliphatic carbocycles. The molecule has 1 N–H and O–H groups in total. The number of fused-ring (bicyclic) bond motifs is 1. The van der Waals surface area contributed by atoms with E-state index in [1.54, 1.807) is 0 Å². The van der Waals surface area contributed by atoms with Gasteiger partial charge in [0.2, 0.25) is 0 Å². The predicted molar refractivity (Wildman–Crippen MR) is 91.6 cm³/mol. The van der Waals surface area contributed by atoms with E-state index in [9.17, 15) is 0 Å². The summed E-state index contributed by atoms with van der Waals surface area (Å²) in [6, 6.07) is 9.26. The van der Waals surface area contributed by atoms with Crippen molar-refractivity contribution in [2.24, 2.45) is 0 Å². The van der Waals surface area contributed by atoms with Crippen molar-refractivity contribution in [3.05, 3.63) is 34.5 Å². The number of hydrogen-bond acceptors (Lipinski definition) is 2. The Morgan fingerprint density at radius 3 is 2.57 bits per heavy atom. The van der Waals surface area contributed by atoms with Crippen molar-refractivity contribution in [1.82, 2.24) is 5.32 Å². The van der Waals surface area contributed by atoms with Crippen molar-refractivity contribution in [3.63, 3.8) is 0 Å². The largest absolute Gasteiger partial charge is 0.459 e. The van der Waals surface area contributed by atoms with Gasteiger partial charge < -0.3 is 9.73 Å². The monoisotopic (exact) mass is 349 g/mol. The molecule has 2 nitrogen and oxygen atoms in total. The molecule has 1 fully saturated rings. The van der Waals surface area contributed by atoms with Crippen LogP contribution in [0.15, 0.2) is 33.2 Å². The first kappa shape index (κ1) is 15.1. The van der Waals surface area contributed by atoms with E-state index in [0.29, 0.717) is 6.04 Å². The third kappa shape index (κ3) is 3.89. The Morgan fingerprint density at radius 2 is 1.81 bits per heavy atom. The molecule has 21 heavy (non-hydrogen) atoms. The second-order valence-electron chi connectivity index (χ2n) is 6.26. The maximum Gasteiger partial charge on any atom is 0.134 e. The first-order valence-electron chi connectivity index (χ1n) is 8.17. The molecule has 1 heterocycles. The topological polar surface area (TPSA) is 25.2 Å². The summed E-state index contributed by atoms with van der Waals surface area (Å²) in [5.41, 5.74) is 0.972. The van der Waals surface area contributed by atoms with Crippen LogP contribution in [0.2, 0.25) is 0 Å². The molecule has 1 unspecified atom stereocenters. The van der Waals surface area contributed by atoms with E-state index in [-0.39, 0.29) is 6.04 Å². The zero-order chi connectivity index (χ0) is 14.7. The maximum atomic E-state index is 6.00. The number of nitrogens with one attached hydrogen (secondary N) is 1. The van der Waals surface area contributed by atoms with E-state index >= 15 is 0 Å². The van der Waals surface area contributed by atoms with Crippen LogP contribution in [0, 0.1) is 0 Å². The van der Waals surface area contributed by atoms with Crippen LogP contribution in [0.5, 0.6) is 0 Å². The van der Waals surface area contributed by atoms with Crippen LogP contribution in [0.3, 0.4) is 0 Å². The highest BCUT2D eigenvalue weighted by molar-refractivity contribution is 9.10. The quantitative estimate of drug-likeness (QED) is 0.739. The lowest BCUT2D eigenvalue weighted by atomic mass is 9.96. The first-order valence-corrected chi connectivity index (χ1v) is 8.97. The Balaban J connectivity index is 1.69. The van der Waals surface area contributed by atoms with Gasteiger partial charge in [-0.2, -0.15) is 0 Å². The molecule has 3 rings (SSSR count). The van der Waals surface area contributed by atoms with Crippen molar-refractivity contribution in [2.45, 2.75) is 64.0 Å². The molecule has 0 radical (unpaired) electrons. The highest BCUT2D eigenvalue weighted by Crippen LogP contribution is 2.27. The molecular weight excluding hydrogens is 326 g/mol. The smallest absolute Gasteiger partial charge is 0.134 e. The Kier molecular flexibility index (Phi) is 5.02. The van der Waals surface area contributed by atoms with Gasteiger partial charge in [-0.1, -0.05) is 48.0 Å². The first-order chi connectivity index (χ1) is 10.2. The van der Waals surface area contributed by atoms with Gasteiger partial charge in [-0.3, -0.25) is 0 Å². The Bertz CT molecular complexity index is 584. The standard InChI is InChI=1S/C18H24BrNO/c1-13(20-16-7-5-3-2-4-6-8-16)18-12-14-11-15(19)9-10-17(14)21-18/h9-13,16,20H,2-8H2,1H3. The maximum absolute atomic E-state index is 6.00. The average Bonchev–Trinajstić information content (AvgIpc) is 2.84. The van der Waals surface area contributed by atoms with Gasteiger partial charge in [0.15, 0.2) is 0 Å². The summed E-state index contributed by atoms with van der Waals surface area (Å²) in [7, 11) is 0. The predicted octanol–water partition coefficient (Wildman–Crippen LogP) is 5.96. The van der Waals surface area contributed by atoms with Crippen LogP contribution in [-0.4, -0.2) is 6.04 Å². The summed E-state index contributed by atoms with van der Waals surface area (Å²) in [6.45, 7) is 2.21. The molecule has 0 spiro atoms. The molecule has 0 saturated heterocycles. The minimum absolute atomic E-state index is 0.278. The molecule has 1 atom stereocenters. The molecule has 0 aliphatic heterocycles. The third-order valence-corrected chi connectivity index (χ3v) is 5.01. The van der Waals surface area contributed by atoms with Crippen LogP contribution in [0.4, 0.5) is 0 Å². The summed E-state index contributed by atoms with van der Waals surface area (Å²) >= 11 is 3.52. The fraction of sp³-hybridized carbons (Fsp3) is 0.556. The van der Waals surface area contributed by atoms with Crippen molar-refractivity contribution in [3.8, 4) is 0 Å². The second-order valence-corrected chi connectivity index (χ2v) is 7.18. The van der Waals surface area contributed by atoms with Gasteiger partial charge in [-0.25, -0.2) is 0 Å². The van der Waals surface area contributed by atoms with Crippen LogP contribution < -0.4 is 5.32 Å². The molecule has 1 aliphatic rings. The van der Waals surface area contributed by atoms with Crippen LogP contribution in [0.1, 0.15) is 63.7 Å². The summed E-state index contributed by atoms with van der Waals surface area (Å²) < 4.78 is 7.10. The molecule has 0 amide bonds. The zero-order valence-electron chi connectivity index (χ0n) is 12.7. The van der Waals surface area contributed by atoms with Crippen molar-refractivity contribution in [1.29, 1.82) is 0 Å². The van der Waals surface area contributed by atoms with E-state index in [2.05, 4.69) is 40.3 Å². The van der Waals surface area contributed by atoms with Gasteiger partial charge in [0.1, 0.15) is 11.3 Å². The fourth-order valence-corrected chi connectivity index (χ4v) is 3.69. The SMILES string of the molecule is CC(NC1CCCCCCC1)c1cc2cc(Br)ccc2o1. The van der Waals surface area contributed by atoms with Crippen LogP contribution >= 0.6 is 15.9 Å². The van der Waals surface area contributed by atoms with Crippen molar-refractivity contribution >= 4 is 26.9 Å². The number of hydrogen-bond donors (Lipinski definition) is 1. The Hall–Kier alpha value is -0.800. The van der Waals surface area contributed by atoms with Crippen LogP contribution in [-0.2, 0) is 0 Å². The molecule has 2 aromatic rings. The lowest BCUT2D eigenvalue weighted by Gasteiger charge is -2.24. The van der Waals surface area contributed by atoms with Gasteiger partial charge in [0, 0.05) is 15.9 Å². The van der Waals surface area contributed by atoms with E-state index in [4.69, 9.17) is 4.42 Å². The fourth-order valence-electron chi connectivity index (χ4n) is 3.31. The van der Waals surface area contributed by atoms with Crippen LogP contribution in [0.25, 0.3) is 11.0 Å². The van der Waals surface area contributed by atoms with E-state index in [1.165, 1.54) is 50.3 Å². The Labute approximate surface area is 135 Å². The highest BCUT2D eigenvalue weighted by atomic mass is 79.9. The minimum Gasteiger partial charge on any atom is -0.459 e. The summed E-state index contributed by atoms with van der Waals surface area (Å²) in [6.07, 6.45) is 9.53. The molecule has 114 valence electrons. The zero-order valence-corrected chi connectivity index (χ0v) is 14.3. The number of furan rings is 1. The van der Waals surface area contributed by atoms with E-state index in [1.807, 2.05) is 12.1 Å². The molecular formula is C18H24BrNO. The lowest BCUT2D eigenvalue weighted by Crippen LogP contribution is -2.31. The van der Waals surface area contributed by atoms with Crippen molar-refractivity contribution in [2.75, 3.05) is 0 Å². The highest BCUT2D eigenvalue weighted by Gasteiger charge is 2.17. The van der Waals surface area contributed by atoms with Gasteiger partial charge in [-0.05, 0) is 44.0 Å². The normalized spacial score (nSPS) is 19.3. The number of rotatable bonds is 3. The van der Waals surface area contributed by atoms with Gasteiger partial charge in [-0.15, -0.1) is 0 Å². The molecule has 1 saturated carbocycles. The lowest BCUT2D eigenvalue weighted by molar-refractivity contribution is 0.340. The van der Waals surface area contributed by atoms with Crippen molar-refractivity contribution < 1.29 is 4.42 Å². The second kappa shape index (κ2) is 6.97. The van der Waals surface area contributed by atoms with E-state index < -0.39 is 0 Å². The molecule has 3 heteroatoms. The number of benzene rings is 1. The van der Waals surface area contributed by atoms with Gasteiger partial charge >= 0.3 is 0 Å². The van der Waals surface area contributed by atoms with Gasteiger partial charge in [0.05, 0.1) is 6.04 Å². The molecule has 1 aromatic carbocycles.